The molecule has 0 spiro atoms. The van der Waals surface area contributed by atoms with Crippen molar-refractivity contribution in [3.63, 3.8) is 0 Å². The maximum Gasteiger partial charge on any atom is 0.123 e. The molecule has 0 aliphatic carbocycles. The lowest BCUT2D eigenvalue weighted by molar-refractivity contribution is 0.344. The highest BCUT2D eigenvalue weighted by atomic mass is 19.1. The van der Waals surface area contributed by atoms with Gasteiger partial charge in [-0.25, -0.2) is 4.39 Å². The van der Waals surface area contributed by atoms with Crippen LogP contribution < -0.4 is 5.32 Å². The standard InChI is InChI=1S/C13H21FN2/c1-5-15-13(9-16(3)4)12-8-11(14)7-6-10(12)2/h6-8,13,15H,5,9H2,1-4H3. The van der Waals surface area contributed by atoms with Gasteiger partial charge in [0.2, 0.25) is 0 Å². The van der Waals surface area contributed by atoms with Crippen LogP contribution in [0.4, 0.5) is 4.39 Å². The van der Waals surface area contributed by atoms with Crippen LogP contribution >= 0.6 is 0 Å². The largest absolute Gasteiger partial charge is 0.309 e. The molecule has 16 heavy (non-hydrogen) atoms. The predicted octanol–water partition coefficient (Wildman–Crippen LogP) is 2.35. The van der Waals surface area contributed by atoms with E-state index in [1.807, 2.05) is 27.1 Å². The second kappa shape index (κ2) is 5.97. The average molecular weight is 224 g/mol. The van der Waals surface area contributed by atoms with Crippen molar-refractivity contribution in [1.82, 2.24) is 10.2 Å². The Balaban J connectivity index is 2.94. The van der Waals surface area contributed by atoms with Gasteiger partial charge >= 0.3 is 0 Å². The van der Waals surface area contributed by atoms with Crippen molar-refractivity contribution < 1.29 is 4.39 Å². The molecule has 0 fully saturated rings. The first kappa shape index (κ1) is 13.1. The Bertz CT molecular complexity index is 337. The first-order chi connectivity index (χ1) is 7.54. The van der Waals surface area contributed by atoms with E-state index < -0.39 is 0 Å². The number of likely N-dealkylation sites (N-methyl/N-ethyl adjacent to an activating group) is 2. The van der Waals surface area contributed by atoms with Crippen LogP contribution in [0.5, 0.6) is 0 Å². The van der Waals surface area contributed by atoms with Gasteiger partial charge in [-0.1, -0.05) is 13.0 Å². The van der Waals surface area contributed by atoms with E-state index in [0.29, 0.717) is 0 Å². The number of halogens is 1. The number of nitrogens with zero attached hydrogens (tertiary/aromatic N) is 1. The highest BCUT2D eigenvalue weighted by Crippen LogP contribution is 2.19. The first-order valence-corrected chi connectivity index (χ1v) is 5.68. The van der Waals surface area contributed by atoms with E-state index in [4.69, 9.17) is 0 Å². The van der Waals surface area contributed by atoms with Crippen LogP contribution in [0, 0.1) is 12.7 Å². The van der Waals surface area contributed by atoms with Gasteiger partial charge in [0.15, 0.2) is 0 Å². The zero-order chi connectivity index (χ0) is 12.1. The van der Waals surface area contributed by atoms with Gasteiger partial charge in [0.1, 0.15) is 5.82 Å². The summed E-state index contributed by atoms with van der Waals surface area (Å²) in [5.41, 5.74) is 2.18. The van der Waals surface area contributed by atoms with Gasteiger partial charge < -0.3 is 10.2 Å². The van der Waals surface area contributed by atoms with E-state index >= 15 is 0 Å². The lowest BCUT2D eigenvalue weighted by atomic mass is 10.0. The molecule has 1 aromatic carbocycles. The molecule has 1 N–H and O–H groups in total. The van der Waals surface area contributed by atoms with Gasteiger partial charge in [0.25, 0.3) is 0 Å². The topological polar surface area (TPSA) is 15.3 Å². The fourth-order valence-corrected chi connectivity index (χ4v) is 1.87. The Hall–Kier alpha value is -0.930. The van der Waals surface area contributed by atoms with Gasteiger partial charge in [0.05, 0.1) is 0 Å². The molecular formula is C13H21FN2. The number of hydrogen-bond donors (Lipinski definition) is 1. The molecule has 0 saturated heterocycles. The highest BCUT2D eigenvalue weighted by Gasteiger charge is 2.14. The molecule has 0 amide bonds. The van der Waals surface area contributed by atoms with Crippen LogP contribution in [-0.4, -0.2) is 32.1 Å². The minimum Gasteiger partial charge on any atom is -0.309 e. The Morgan fingerprint density at radius 3 is 2.62 bits per heavy atom. The predicted molar refractivity (Wildman–Crippen MR) is 66.1 cm³/mol. The molecule has 3 heteroatoms. The zero-order valence-electron chi connectivity index (χ0n) is 10.5. The third kappa shape index (κ3) is 3.58. The van der Waals surface area contributed by atoms with Crippen LogP contribution in [0.15, 0.2) is 18.2 Å². The van der Waals surface area contributed by atoms with Crippen LogP contribution in [0.1, 0.15) is 24.1 Å². The maximum atomic E-state index is 13.2. The van der Waals surface area contributed by atoms with Gasteiger partial charge in [-0.05, 0) is 50.8 Å². The second-order valence-corrected chi connectivity index (χ2v) is 4.37. The summed E-state index contributed by atoms with van der Waals surface area (Å²) in [6.07, 6.45) is 0. The van der Waals surface area contributed by atoms with Gasteiger partial charge in [-0.15, -0.1) is 0 Å². The molecule has 1 rings (SSSR count). The van der Waals surface area contributed by atoms with E-state index in [2.05, 4.69) is 17.1 Å². The SMILES string of the molecule is CCNC(CN(C)C)c1cc(F)ccc1C. The zero-order valence-corrected chi connectivity index (χ0v) is 10.5. The Kier molecular flexibility index (Phi) is 4.90. The Labute approximate surface area is 97.5 Å². The van der Waals surface area contributed by atoms with Crippen LogP contribution in [0.3, 0.4) is 0 Å². The molecule has 0 aliphatic rings. The molecule has 1 atom stereocenters. The summed E-state index contributed by atoms with van der Waals surface area (Å²) in [6.45, 7) is 5.85. The molecule has 0 bridgehead atoms. The second-order valence-electron chi connectivity index (χ2n) is 4.37. The molecule has 0 radical (unpaired) electrons. The quantitative estimate of drug-likeness (QED) is 0.826. The van der Waals surface area contributed by atoms with Crippen molar-refractivity contribution in [2.24, 2.45) is 0 Å². The number of aryl methyl sites for hydroxylation is 1. The number of nitrogens with one attached hydrogen (secondary N) is 1. The van der Waals surface area contributed by atoms with Crippen LogP contribution in [-0.2, 0) is 0 Å². The summed E-state index contributed by atoms with van der Waals surface area (Å²) in [5, 5.41) is 3.39. The summed E-state index contributed by atoms with van der Waals surface area (Å²) in [6, 6.07) is 5.17. The Morgan fingerprint density at radius 1 is 1.38 bits per heavy atom. The maximum absolute atomic E-state index is 13.2. The van der Waals surface area contributed by atoms with Gasteiger partial charge in [-0.2, -0.15) is 0 Å². The van der Waals surface area contributed by atoms with Crippen LogP contribution in [0.25, 0.3) is 0 Å². The Morgan fingerprint density at radius 2 is 2.06 bits per heavy atom. The summed E-state index contributed by atoms with van der Waals surface area (Å²) in [7, 11) is 4.05. The first-order valence-electron chi connectivity index (χ1n) is 5.68. The number of hydrogen-bond acceptors (Lipinski definition) is 2. The van der Waals surface area contributed by atoms with Crippen molar-refractivity contribution in [2.75, 3.05) is 27.2 Å². The normalized spacial score (nSPS) is 13.1. The van der Waals surface area contributed by atoms with Crippen molar-refractivity contribution in [3.05, 3.63) is 35.1 Å². The smallest absolute Gasteiger partial charge is 0.123 e. The molecule has 90 valence electrons. The number of rotatable bonds is 5. The summed E-state index contributed by atoms with van der Waals surface area (Å²) < 4.78 is 13.2. The molecule has 0 saturated carbocycles. The van der Waals surface area contributed by atoms with E-state index in [0.717, 1.165) is 24.2 Å². The molecule has 0 aromatic heterocycles. The fraction of sp³-hybridized carbons (Fsp3) is 0.538. The molecule has 1 aromatic rings. The molecule has 2 nitrogen and oxygen atoms in total. The van der Waals surface area contributed by atoms with Crippen molar-refractivity contribution in [1.29, 1.82) is 0 Å². The van der Waals surface area contributed by atoms with Crippen molar-refractivity contribution in [2.45, 2.75) is 19.9 Å². The third-order valence-corrected chi connectivity index (χ3v) is 2.61. The van der Waals surface area contributed by atoms with Gasteiger partial charge in [0, 0.05) is 12.6 Å². The van der Waals surface area contributed by atoms with Crippen molar-refractivity contribution >= 4 is 0 Å². The molecule has 0 aliphatic heterocycles. The lowest BCUT2D eigenvalue weighted by Crippen LogP contribution is -2.31. The van der Waals surface area contributed by atoms with E-state index in [9.17, 15) is 4.39 Å². The summed E-state index contributed by atoms with van der Waals surface area (Å²) in [5.74, 6) is -0.165. The van der Waals surface area contributed by atoms with E-state index in [1.54, 1.807) is 6.07 Å². The highest BCUT2D eigenvalue weighted by molar-refractivity contribution is 5.29. The number of benzene rings is 1. The lowest BCUT2D eigenvalue weighted by Gasteiger charge is -2.23. The molecular weight excluding hydrogens is 203 g/mol. The van der Waals surface area contributed by atoms with E-state index in [1.165, 1.54) is 6.07 Å². The molecule has 0 heterocycles. The minimum absolute atomic E-state index is 0.165. The average Bonchev–Trinajstić information content (AvgIpc) is 2.20. The van der Waals surface area contributed by atoms with Crippen LogP contribution in [0.2, 0.25) is 0 Å². The fourth-order valence-electron chi connectivity index (χ4n) is 1.87. The van der Waals surface area contributed by atoms with Gasteiger partial charge in [-0.3, -0.25) is 0 Å². The third-order valence-electron chi connectivity index (χ3n) is 2.61. The molecule has 1 unspecified atom stereocenters. The summed E-state index contributed by atoms with van der Waals surface area (Å²) >= 11 is 0. The summed E-state index contributed by atoms with van der Waals surface area (Å²) in [4.78, 5) is 2.11. The monoisotopic (exact) mass is 224 g/mol. The minimum atomic E-state index is -0.165. The van der Waals surface area contributed by atoms with E-state index in [-0.39, 0.29) is 11.9 Å². The van der Waals surface area contributed by atoms with Crippen molar-refractivity contribution in [3.8, 4) is 0 Å².